The van der Waals surface area contributed by atoms with Gasteiger partial charge < -0.3 is 15.0 Å². The highest BCUT2D eigenvalue weighted by Crippen LogP contribution is 2.20. The molecule has 2 aromatic rings. The largest absolute Gasteiger partial charge is 0.394 e. The summed E-state index contributed by atoms with van der Waals surface area (Å²) in [6.45, 7) is 3.00. The molecular weight excluding hydrogens is 330 g/mol. The summed E-state index contributed by atoms with van der Waals surface area (Å²) >= 11 is 0. The van der Waals surface area contributed by atoms with E-state index in [1.54, 1.807) is 17.0 Å². The Labute approximate surface area is 141 Å². The number of amides is 1. The van der Waals surface area contributed by atoms with E-state index in [0.29, 0.717) is 12.1 Å². The lowest BCUT2D eigenvalue weighted by Gasteiger charge is -2.18. The number of aromatic nitrogens is 2. The minimum Gasteiger partial charge on any atom is -0.394 e. The Bertz CT molecular complexity index is 797. The minimum absolute atomic E-state index is 0.146. The number of hydrogen-bond donors (Lipinski definition) is 2. The first-order chi connectivity index (χ1) is 11.4. The number of hydrogen-bond acceptors (Lipinski definition) is 5. The summed E-state index contributed by atoms with van der Waals surface area (Å²) in [5, 5.41) is 12.2. The number of nitrogens with zero attached hydrogens (tertiary/aromatic N) is 2. The highest BCUT2D eigenvalue weighted by molar-refractivity contribution is 7.91. The number of imidazole rings is 1. The molecule has 7 nitrogen and oxygen atoms in total. The molecule has 0 aliphatic heterocycles. The molecule has 0 saturated carbocycles. The molecule has 1 aromatic heterocycles. The molecule has 1 unspecified atom stereocenters. The van der Waals surface area contributed by atoms with Crippen molar-refractivity contribution in [2.24, 2.45) is 0 Å². The molecule has 0 radical (unpaired) electrons. The number of aliphatic hydroxyl groups excluding tert-OH is 1. The van der Waals surface area contributed by atoms with Gasteiger partial charge in [-0.15, -0.1) is 0 Å². The van der Waals surface area contributed by atoms with E-state index in [1.807, 2.05) is 6.92 Å². The number of sulfone groups is 1. The van der Waals surface area contributed by atoms with Crippen LogP contribution in [0.4, 0.5) is 5.69 Å². The average molecular weight is 351 g/mol. The fraction of sp³-hybridized carbons (Fsp3) is 0.375. The van der Waals surface area contributed by atoms with Gasteiger partial charge in [0.2, 0.25) is 5.91 Å². The van der Waals surface area contributed by atoms with Crippen LogP contribution in [0.3, 0.4) is 0 Å². The van der Waals surface area contributed by atoms with Gasteiger partial charge >= 0.3 is 0 Å². The van der Waals surface area contributed by atoms with E-state index in [9.17, 15) is 18.3 Å². The van der Waals surface area contributed by atoms with Crippen molar-refractivity contribution in [1.29, 1.82) is 0 Å². The maximum atomic E-state index is 12.6. The van der Waals surface area contributed by atoms with Crippen molar-refractivity contribution in [3.63, 3.8) is 0 Å². The van der Waals surface area contributed by atoms with Crippen LogP contribution in [-0.2, 0) is 21.1 Å². The molecule has 2 N–H and O–H groups in total. The van der Waals surface area contributed by atoms with Crippen LogP contribution in [0, 0.1) is 0 Å². The quantitative estimate of drug-likeness (QED) is 0.785. The van der Waals surface area contributed by atoms with Gasteiger partial charge in [-0.1, -0.05) is 6.92 Å². The number of aliphatic hydroxyl groups is 1. The van der Waals surface area contributed by atoms with Crippen LogP contribution in [0.5, 0.6) is 0 Å². The van der Waals surface area contributed by atoms with Gasteiger partial charge in [-0.05, 0) is 24.3 Å². The fourth-order valence-corrected chi connectivity index (χ4v) is 3.99. The molecule has 1 atom stereocenters. The van der Waals surface area contributed by atoms with Crippen molar-refractivity contribution in [2.45, 2.75) is 31.2 Å². The standard InChI is InChI=1S/C16H21N3O4S/c1-3-16-17-8-9-19(16)14(10-20)11-24(22,23)15-6-4-13(5-7-15)18-12(2)21/h4-9,14,20H,3,10-11H2,1-2H3,(H,18,21). The third kappa shape index (κ3) is 4.21. The number of carbonyl (C=O) groups is 1. The third-order valence-electron chi connectivity index (χ3n) is 3.61. The van der Waals surface area contributed by atoms with Gasteiger partial charge in [-0.3, -0.25) is 4.79 Å². The minimum atomic E-state index is -3.59. The highest BCUT2D eigenvalue weighted by atomic mass is 32.2. The first-order valence-electron chi connectivity index (χ1n) is 7.60. The lowest BCUT2D eigenvalue weighted by molar-refractivity contribution is -0.114. The Kier molecular flexibility index (Phi) is 5.74. The summed E-state index contributed by atoms with van der Waals surface area (Å²) in [4.78, 5) is 15.3. The molecule has 8 heteroatoms. The summed E-state index contributed by atoms with van der Waals surface area (Å²) in [6.07, 6.45) is 3.92. The van der Waals surface area contributed by atoms with Crippen molar-refractivity contribution in [3.8, 4) is 0 Å². The molecule has 0 bridgehead atoms. The first-order valence-corrected chi connectivity index (χ1v) is 9.25. The van der Waals surface area contributed by atoms with Crippen LogP contribution in [0.25, 0.3) is 0 Å². The molecule has 1 amide bonds. The van der Waals surface area contributed by atoms with Crippen LogP contribution in [0.15, 0.2) is 41.6 Å². The highest BCUT2D eigenvalue weighted by Gasteiger charge is 2.23. The normalized spacial score (nSPS) is 12.8. The van der Waals surface area contributed by atoms with Gasteiger partial charge in [0.05, 0.1) is 23.3 Å². The number of benzene rings is 1. The maximum Gasteiger partial charge on any atom is 0.221 e. The Morgan fingerprint density at radius 3 is 2.54 bits per heavy atom. The molecule has 0 aliphatic carbocycles. The second kappa shape index (κ2) is 7.59. The Morgan fingerprint density at radius 2 is 2.00 bits per heavy atom. The van der Waals surface area contributed by atoms with Gasteiger partial charge in [-0.25, -0.2) is 13.4 Å². The first kappa shape index (κ1) is 18.2. The van der Waals surface area contributed by atoms with Crippen LogP contribution in [0.2, 0.25) is 0 Å². The van der Waals surface area contributed by atoms with E-state index in [4.69, 9.17) is 0 Å². The van der Waals surface area contributed by atoms with Crippen molar-refractivity contribution in [1.82, 2.24) is 9.55 Å². The number of aryl methyl sites for hydroxylation is 1. The van der Waals surface area contributed by atoms with E-state index >= 15 is 0 Å². The van der Waals surface area contributed by atoms with E-state index < -0.39 is 15.9 Å². The topological polar surface area (TPSA) is 101 Å². The average Bonchev–Trinajstić information content (AvgIpc) is 3.01. The number of anilines is 1. The van der Waals surface area contributed by atoms with Crippen molar-refractivity contribution in [3.05, 3.63) is 42.5 Å². The van der Waals surface area contributed by atoms with Crippen LogP contribution >= 0.6 is 0 Å². The lowest BCUT2D eigenvalue weighted by Crippen LogP contribution is -2.24. The molecule has 130 valence electrons. The zero-order valence-corrected chi connectivity index (χ0v) is 14.5. The summed E-state index contributed by atoms with van der Waals surface area (Å²) < 4.78 is 26.9. The molecule has 2 rings (SSSR count). The van der Waals surface area contributed by atoms with E-state index in [-0.39, 0.29) is 23.2 Å². The van der Waals surface area contributed by atoms with E-state index in [1.165, 1.54) is 31.2 Å². The van der Waals surface area contributed by atoms with Crippen molar-refractivity contribution in [2.75, 3.05) is 17.7 Å². The zero-order chi connectivity index (χ0) is 17.7. The molecule has 1 heterocycles. The second-order valence-electron chi connectivity index (χ2n) is 5.43. The summed E-state index contributed by atoms with van der Waals surface area (Å²) in [7, 11) is -3.59. The van der Waals surface area contributed by atoms with Crippen molar-refractivity contribution >= 4 is 21.4 Å². The number of rotatable bonds is 7. The maximum absolute atomic E-state index is 12.6. The molecule has 0 aliphatic rings. The Morgan fingerprint density at radius 1 is 1.33 bits per heavy atom. The van der Waals surface area contributed by atoms with Gasteiger partial charge in [0, 0.05) is 31.4 Å². The Hall–Kier alpha value is -2.19. The second-order valence-corrected chi connectivity index (χ2v) is 7.46. The fourth-order valence-electron chi connectivity index (χ4n) is 2.47. The van der Waals surface area contributed by atoms with Crippen LogP contribution in [0.1, 0.15) is 25.7 Å². The predicted octanol–water partition coefficient (Wildman–Crippen LogP) is 1.41. The number of nitrogens with one attached hydrogen (secondary N) is 1. The Balaban J connectivity index is 2.21. The SMILES string of the molecule is CCc1nccn1C(CO)CS(=O)(=O)c1ccc(NC(C)=O)cc1. The van der Waals surface area contributed by atoms with Crippen LogP contribution < -0.4 is 5.32 Å². The zero-order valence-electron chi connectivity index (χ0n) is 13.6. The van der Waals surface area contributed by atoms with Gasteiger partial charge in [-0.2, -0.15) is 0 Å². The molecule has 24 heavy (non-hydrogen) atoms. The summed E-state index contributed by atoms with van der Waals surface area (Å²) in [5.41, 5.74) is 0.531. The molecule has 0 saturated heterocycles. The van der Waals surface area contributed by atoms with Gasteiger partial charge in [0.1, 0.15) is 5.82 Å². The van der Waals surface area contributed by atoms with Crippen molar-refractivity contribution < 1.29 is 18.3 Å². The third-order valence-corrected chi connectivity index (χ3v) is 5.43. The van der Waals surface area contributed by atoms with E-state index in [0.717, 1.165) is 5.82 Å². The molecular formula is C16H21N3O4S. The summed E-state index contributed by atoms with van der Waals surface area (Å²) in [6, 6.07) is 5.38. The molecule has 0 spiro atoms. The predicted molar refractivity (Wildman–Crippen MR) is 90.5 cm³/mol. The molecule has 1 aromatic carbocycles. The van der Waals surface area contributed by atoms with Gasteiger partial charge in [0.15, 0.2) is 9.84 Å². The van der Waals surface area contributed by atoms with Crippen LogP contribution in [-0.4, -0.2) is 41.3 Å². The lowest BCUT2D eigenvalue weighted by atomic mass is 10.3. The van der Waals surface area contributed by atoms with E-state index in [2.05, 4.69) is 10.3 Å². The molecule has 0 fully saturated rings. The van der Waals surface area contributed by atoms with Gasteiger partial charge in [0.25, 0.3) is 0 Å². The number of carbonyl (C=O) groups excluding carboxylic acids is 1. The monoisotopic (exact) mass is 351 g/mol. The smallest absolute Gasteiger partial charge is 0.221 e. The summed E-state index contributed by atoms with van der Waals surface area (Å²) in [5.74, 6) is 0.273.